The molecular weight excluding hydrogens is 409 g/mol. The van der Waals surface area contributed by atoms with Crippen molar-refractivity contribution in [1.82, 2.24) is 24.9 Å². The highest BCUT2D eigenvalue weighted by atomic mass is 35.5. The number of hydrogen-bond donors (Lipinski definition) is 1. The third-order valence-corrected chi connectivity index (χ3v) is 5.38. The highest BCUT2D eigenvalue weighted by Gasteiger charge is 2.28. The maximum absolute atomic E-state index is 13.1. The van der Waals surface area contributed by atoms with Crippen molar-refractivity contribution in [3.63, 3.8) is 0 Å². The van der Waals surface area contributed by atoms with Crippen LogP contribution in [0, 0.1) is 12.7 Å². The molecule has 3 rings (SSSR count). The first-order valence-electron chi connectivity index (χ1n) is 9.75. The van der Waals surface area contributed by atoms with Gasteiger partial charge in [0.2, 0.25) is 5.91 Å². The van der Waals surface area contributed by atoms with Crippen LogP contribution in [0.4, 0.5) is 4.39 Å². The van der Waals surface area contributed by atoms with Crippen LogP contribution in [0.15, 0.2) is 36.9 Å². The quantitative estimate of drug-likeness (QED) is 0.679. The molecule has 0 unspecified atom stereocenters. The monoisotopic (exact) mass is 433 g/mol. The van der Waals surface area contributed by atoms with Gasteiger partial charge in [-0.15, -0.1) is 6.58 Å². The van der Waals surface area contributed by atoms with Crippen LogP contribution in [0.2, 0.25) is 5.15 Å². The number of carbonyl (C=O) groups is 2. The topological polar surface area (TPSA) is 70.5 Å². The fourth-order valence-electron chi connectivity index (χ4n) is 3.38. The molecule has 1 saturated heterocycles. The van der Waals surface area contributed by atoms with Gasteiger partial charge in [0.1, 0.15) is 11.0 Å². The maximum atomic E-state index is 13.1. The van der Waals surface area contributed by atoms with Gasteiger partial charge in [-0.3, -0.25) is 14.5 Å². The standard InChI is InChI=1S/C21H25ClFN5O2/c1-3-8-24-18(29)14-26-9-11-27(12-10-26)21(30)19-15(2)25-28(20(19)22)13-16-4-6-17(23)7-5-16/h3-7H,1,8-14H2,2H3,(H,24,29). The van der Waals surface area contributed by atoms with Gasteiger partial charge in [-0.1, -0.05) is 29.8 Å². The molecule has 9 heteroatoms. The Morgan fingerprint density at radius 3 is 2.53 bits per heavy atom. The van der Waals surface area contributed by atoms with Gasteiger partial charge in [0.15, 0.2) is 0 Å². The van der Waals surface area contributed by atoms with E-state index in [4.69, 9.17) is 11.6 Å². The third-order valence-electron chi connectivity index (χ3n) is 5.00. The molecule has 160 valence electrons. The Hall–Kier alpha value is -2.71. The lowest BCUT2D eigenvalue weighted by Crippen LogP contribution is -2.51. The number of nitrogens with zero attached hydrogens (tertiary/aromatic N) is 4. The summed E-state index contributed by atoms with van der Waals surface area (Å²) in [6.07, 6.45) is 1.64. The number of amides is 2. The minimum atomic E-state index is -0.310. The predicted octanol–water partition coefficient (Wildman–Crippen LogP) is 2.09. The average molecular weight is 434 g/mol. The number of hydrogen-bond acceptors (Lipinski definition) is 4. The molecule has 1 fully saturated rings. The normalized spacial score (nSPS) is 14.6. The van der Waals surface area contributed by atoms with Gasteiger partial charge in [-0.2, -0.15) is 5.10 Å². The van der Waals surface area contributed by atoms with Crippen molar-refractivity contribution in [2.45, 2.75) is 13.5 Å². The molecule has 0 saturated carbocycles. The zero-order chi connectivity index (χ0) is 21.7. The van der Waals surface area contributed by atoms with Crippen LogP contribution in [-0.4, -0.2) is 70.7 Å². The van der Waals surface area contributed by atoms with E-state index in [9.17, 15) is 14.0 Å². The van der Waals surface area contributed by atoms with E-state index in [1.54, 1.807) is 34.7 Å². The predicted molar refractivity (Wildman–Crippen MR) is 113 cm³/mol. The first-order valence-corrected chi connectivity index (χ1v) is 10.1. The second-order valence-electron chi connectivity index (χ2n) is 7.20. The molecule has 0 bridgehead atoms. The zero-order valence-electron chi connectivity index (χ0n) is 16.9. The van der Waals surface area contributed by atoms with Crippen LogP contribution < -0.4 is 5.32 Å². The van der Waals surface area contributed by atoms with Crippen molar-refractivity contribution in [2.24, 2.45) is 0 Å². The summed E-state index contributed by atoms with van der Waals surface area (Å²) in [5.74, 6) is -0.538. The Kier molecular flexibility index (Phi) is 7.23. The number of aromatic nitrogens is 2. The third kappa shape index (κ3) is 5.25. The average Bonchev–Trinajstić information content (AvgIpc) is 3.01. The molecule has 0 atom stereocenters. The van der Waals surface area contributed by atoms with Crippen molar-refractivity contribution in [1.29, 1.82) is 0 Å². The van der Waals surface area contributed by atoms with Crippen molar-refractivity contribution in [3.8, 4) is 0 Å². The minimum absolute atomic E-state index is 0.0596. The fraction of sp³-hybridized carbons (Fsp3) is 0.381. The lowest BCUT2D eigenvalue weighted by Gasteiger charge is -2.34. The van der Waals surface area contributed by atoms with Gasteiger partial charge in [0.25, 0.3) is 5.91 Å². The summed E-state index contributed by atoms with van der Waals surface area (Å²) in [5.41, 5.74) is 1.78. The Bertz CT molecular complexity index is 920. The number of halogens is 2. The van der Waals surface area contributed by atoms with E-state index in [-0.39, 0.29) is 22.8 Å². The van der Waals surface area contributed by atoms with Crippen LogP contribution in [0.5, 0.6) is 0 Å². The Labute approximate surface area is 180 Å². The molecule has 1 N–H and O–H groups in total. The lowest BCUT2D eigenvalue weighted by atomic mass is 10.2. The Balaban J connectivity index is 1.62. The molecule has 0 radical (unpaired) electrons. The Morgan fingerprint density at radius 2 is 1.90 bits per heavy atom. The van der Waals surface area contributed by atoms with E-state index in [2.05, 4.69) is 17.0 Å². The maximum Gasteiger partial charge on any atom is 0.258 e. The number of benzene rings is 1. The van der Waals surface area contributed by atoms with Crippen molar-refractivity contribution >= 4 is 23.4 Å². The number of rotatable bonds is 7. The summed E-state index contributed by atoms with van der Waals surface area (Å²) in [4.78, 5) is 28.6. The first-order chi connectivity index (χ1) is 14.4. The van der Waals surface area contributed by atoms with Crippen molar-refractivity contribution in [3.05, 3.63) is 64.7 Å². The molecular formula is C21H25ClFN5O2. The number of piperazine rings is 1. The second-order valence-corrected chi connectivity index (χ2v) is 7.55. The number of nitrogens with one attached hydrogen (secondary N) is 1. The highest BCUT2D eigenvalue weighted by molar-refractivity contribution is 6.33. The van der Waals surface area contributed by atoms with Crippen LogP contribution in [0.1, 0.15) is 21.6 Å². The van der Waals surface area contributed by atoms with Gasteiger partial charge in [-0.05, 0) is 24.6 Å². The van der Waals surface area contributed by atoms with Gasteiger partial charge >= 0.3 is 0 Å². The molecule has 2 aromatic rings. The van der Waals surface area contributed by atoms with E-state index in [1.807, 2.05) is 4.90 Å². The van der Waals surface area contributed by atoms with E-state index in [1.165, 1.54) is 12.1 Å². The SMILES string of the molecule is C=CCNC(=O)CN1CCN(C(=O)c2c(C)nn(Cc3ccc(F)cc3)c2Cl)CC1. The second kappa shape index (κ2) is 9.86. The summed E-state index contributed by atoms with van der Waals surface area (Å²) in [7, 11) is 0. The highest BCUT2D eigenvalue weighted by Crippen LogP contribution is 2.23. The molecule has 1 aliphatic rings. The molecule has 1 aliphatic heterocycles. The van der Waals surface area contributed by atoms with Crippen LogP contribution in [0.25, 0.3) is 0 Å². The van der Waals surface area contributed by atoms with Gasteiger partial charge in [-0.25, -0.2) is 9.07 Å². The van der Waals surface area contributed by atoms with Crippen LogP contribution in [0.3, 0.4) is 0 Å². The first kappa shape index (κ1) is 22.0. The van der Waals surface area contributed by atoms with E-state index in [0.29, 0.717) is 57.1 Å². The van der Waals surface area contributed by atoms with Crippen molar-refractivity contribution in [2.75, 3.05) is 39.3 Å². The number of aryl methyl sites for hydroxylation is 1. The molecule has 0 aliphatic carbocycles. The van der Waals surface area contributed by atoms with E-state index in [0.717, 1.165) is 5.56 Å². The van der Waals surface area contributed by atoms with Crippen molar-refractivity contribution < 1.29 is 14.0 Å². The van der Waals surface area contributed by atoms with E-state index < -0.39 is 0 Å². The van der Waals surface area contributed by atoms with Crippen LogP contribution in [-0.2, 0) is 11.3 Å². The fourth-order valence-corrected chi connectivity index (χ4v) is 3.69. The lowest BCUT2D eigenvalue weighted by molar-refractivity contribution is -0.122. The minimum Gasteiger partial charge on any atom is -0.352 e. The largest absolute Gasteiger partial charge is 0.352 e. The van der Waals surface area contributed by atoms with E-state index >= 15 is 0 Å². The summed E-state index contributed by atoms with van der Waals surface area (Å²) in [6.45, 7) is 8.63. The Morgan fingerprint density at radius 1 is 1.23 bits per heavy atom. The molecule has 2 amide bonds. The number of carbonyl (C=O) groups excluding carboxylic acids is 2. The molecule has 0 spiro atoms. The molecule has 2 heterocycles. The zero-order valence-corrected chi connectivity index (χ0v) is 17.7. The molecule has 30 heavy (non-hydrogen) atoms. The van der Waals surface area contributed by atoms with Gasteiger partial charge in [0.05, 0.1) is 24.3 Å². The summed E-state index contributed by atoms with van der Waals surface area (Å²) in [6, 6.07) is 6.08. The smallest absolute Gasteiger partial charge is 0.258 e. The van der Waals surface area contributed by atoms with Crippen LogP contribution >= 0.6 is 11.6 Å². The van der Waals surface area contributed by atoms with Gasteiger partial charge < -0.3 is 10.2 Å². The summed E-state index contributed by atoms with van der Waals surface area (Å²) in [5, 5.41) is 7.42. The van der Waals surface area contributed by atoms with Gasteiger partial charge in [0, 0.05) is 32.7 Å². The molecule has 1 aromatic carbocycles. The molecule has 1 aromatic heterocycles. The summed E-state index contributed by atoms with van der Waals surface area (Å²) >= 11 is 6.48. The molecule has 7 nitrogen and oxygen atoms in total. The summed E-state index contributed by atoms with van der Waals surface area (Å²) < 4.78 is 14.7.